The number of hydrogen-bond acceptors (Lipinski definition) is 2. The standard InChI is InChI=1S/C13H18O3/c1-13(2,3)10-6-4-5-9(7-10)11(14)8-12(15)16/h4-7,11,14H,8H2,1-3H3,(H,15,16). The molecule has 0 saturated carbocycles. The quantitative estimate of drug-likeness (QED) is 0.826. The Hall–Kier alpha value is -1.35. The summed E-state index contributed by atoms with van der Waals surface area (Å²) in [6, 6.07) is 7.45. The normalized spacial score (nSPS) is 13.5. The van der Waals surface area contributed by atoms with E-state index in [4.69, 9.17) is 5.11 Å². The van der Waals surface area contributed by atoms with Gasteiger partial charge in [0.2, 0.25) is 0 Å². The van der Waals surface area contributed by atoms with Crippen molar-refractivity contribution >= 4 is 5.97 Å². The highest BCUT2D eigenvalue weighted by molar-refractivity contribution is 5.67. The van der Waals surface area contributed by atoms with Crippen LogP contribution in [0.25, 0.3) is 0 Å². The fourth-order valence-electron chi connectivity index (χ4n) is 1.50. The smallest absolute Gasteiger partial charge is 0.306 e. The van der Waals surface area contributed by atoms with Crippen LogP contribution < -0.4 is 0 Å². The van der Waals surface area contributed by atoms with Gasteiger partial charge in [0.25, 0.3) is 0 Å². The molecule has 16 heavy (non-hydrogen) atoms. The van der Waals surface area contributed by atoms with Crippen LogP contribution in [0.2, 0.25) is 0 Å². The van der Waals surface area contributed by atoms with E-state index in [1.54, 1.807) is 6.07 Å². The number of benzene rings is 1. The lowest BCUT2D eigenvalue weighted by atomic mass is 9.85. The van der Waals surface area contributed by atoms with Crippen LogP contribution in [0.15, 0.2) is 24.3 Å². The van der Waals surface area contributed by atoms with Crippen LogP contribution in [0, 0.1) is 0 Å². The van der Waals surface area contributed by atoms with Crippen LogP contribution >= 0.6 is 0 Å². The monoisotopic (exact) mass is 222 g/mol. The molecule has 3 nitrogen and oxygen atoms in total. The Morgan fingerprint density at radius 3 is 2.50 bits per heavy atom. The number of aliphatic carboxylic acids is 1. The van der Waals surface area contributed by atoms with Gasteiger partial charge < -0.3 is 10.2 Å². The maximum absolute atomic E-state index is 10.5. The van der Waals surface area contributed by atoms with Crippen molar-refractivity contribution in [2.75, 3.05) is 0 Å². The average molecular weight is 222 g/mol. The fraction of sp³-hybridized carbons (Fsp3) is 0.462. The third-order valence-corrected chi connectivity index (χ3v) is 2.51. The summed E-state index contributed by atoms with van der Waals surface area (Å²) in [6.45, 7) is 6.24. The Kier molecular flexibility index (Phi) is 3.70. The Bertz CT molecular complexity index is 377. The fourth-order valence-corrected chi connectivity index (χ4v) is 1.50. The van der Waals surface area contributed by atoms with Gasteiger partial charge in [-0.1, -0.05) is 45.0 Å². The molecular formula is C13H18O3. The van der Waals surface area contributed by atoms with Gasteiger partial charge in [0.1, 0.15) is 0 Å². The summed E-state index contributed by atoms with van der Waals surface area (Å²) < 4.78 is 0. The van der Waals surface area contributed by atoms with Crippen molar-refractivity contribution in [2.45, 2.75) is 38.7 Å². The SMILES string of the molecule is CC(C)(C)c1cccc(C(O)CC(=O)O)c1. The molecule has 1 unspecified atom stereocenters. The molecule has 0 radical (unpaired) electrons. The summed E-state index contributed by atoms with van der Waals surface area (Å²) in [5.74, 6) is -0.992. The van der Waals surface area contributed by atoms with Crippen molar-refractivity contribution in [3.8, 4) is 0 Å². The van der Waals surface area contributed by atoms with Crippen molar-refractivity contribution in [3.63, 3.8) is 0 Å². The van der Waals surface area contributed by atoms with Crippen LogP contribution in [-0.2, 0) is 10.2 Å². The Morgan fingerprint density at radius 1 is 1.38 bits per heavy atom. The van der Waals surface area contributed by atoms with E-state index in [1.807, 2.05) is 18.2 Å². The van der Waals surface area contributed by atoms with Gasteiger partial charge >= 0.3 is 5.97 Å². The second kappa shape index (κ2) is 4.66. The Labute approximate surface area is 95.7 Å². The zero-order valence-corrected chi connectivity index (χ0v) is 9.90. The number of carbonyl (C=O) groups is 1. The highest BCUT2D eigenvalue weighted by Crippen LogP contribution is 2.26. The van der Waals surface area contributed by atoms with Gasteiger partial charge in [-0.2, -0.15) is 0 Å². The van der Waals surface area contributed by atoms with Crippen LogP contribution in [0.1, 0.15) is 44.4 Å². The van der Waals surface area contributed by atoms with Gasteiger partial charge in [-0.05, 0) is 16.5 Å². The molecule has 1 atom stereocenters. The van der Waals surface area contributed by atoms with Crippen molar-refractivity contribution in [1.82, 2.24) is 0 Å². The molecule has 0 saturated heterocycles. The van der Waals surface area contributed by atoms with E-state index in [0.717, 1.165) is 5.56 Å². The number of carboxylic acid groups (broad SMARTS) is 1. The second-order valence-electron chi connectivity index (χ2n) is 4.99. The molecule has 1 aromatic rings. The third kappa shape index (κ3) is 3.35. The van der Waals surface area contributed by atoms with Crippen molar-refractivity contribution in [3.05, 3.63) is 35.4 Å². The molecular weight excluding hydrogens is 204 g/mol. The molecule has 0 aliphatic carbocycles. The maximum Gasteiger partial charge on any atom is 0.306 e. The molecule has 0 aliphatic heterocycles. The van der Waals surface area contributed by atoms with Crippen LogP contribution in [0.3, 0.4) is 0 Å². The van der Waals surface area contributed by atoms with Gasteiger partial charge in [0.15, 0.2) is 0 Å². The predicted octanol–water partition coefficient (Wildman–Crippen LogP) is 2.49. The first-order chi connectivity index (χ1) is 7.30. The minimum atomic E-state index is -0.992. The Balaban J connectivity index is 2.94. The van der Waals surface area contributed by atoms with Gasteiger partial charge in [-0.15, -0.1) is 0 Å². The maximum atomic E-state index is 10.5. The molecule has 88 valence electrons. The highest BCUT2D eigenvalue weighted by Gasteiger charge is 2.17. The molecule has 0 aliphatic rings. The first-order valence-electron chi connectivity index (χ1n) is 5.31. The molecule has 0 fully saturated rings. The number of carboxylic acids is 1. The largest absolute Gasteiger partial charge is 0.481 e. The van der Waals surface area contributed by atoms with E-state index in [-0.39, 0.29) is 11.8 Å². The summed E-state index contributed by atoms with van der Waals surface area (Å²) in [5.41, 5.74) is 1.75. The average Bonchev–Trinajstić information content (AvgIpc) is 2.15. The summed E-state index contributed by atoms with van der Waals surface area (Å²) in [6.07, 6.45) is -1.19. The molecule has 0 heterocycles. The lowest BCUT2D eigenvalue weighted by Crippen LogP contribution is -2.12. The molecule has 0 spiro atoms. The van der Waals surface area contributed by atoms with E-state index in [1.165, 1.54) is 0 Å². The van der Waals surface area contributed by atoms with E-state index in [0.29, 0.717) is 5.56 Å². The predicted molar refractivity (Wildman–Crippen MR) is 62.4 cm³/mol. The van der Waals surface area contributed by atoms with Crippen LogP contribution in [0.4, 0.5) is 0 Å². The summed E-state index contributed by atoms with van der Waals surface area (Å²) in [5, 5.41) is 18.3. The summed E-state index contributed by atoms with van der Waals surface area (Å²) >= 11 is 0. The lowest BCUT2D eigenvalue weighted by Gasteiger charge is -2.20. The molecule has 0 bridgehead atoms. The van der Waals surface area contributed by atoms with Gasteiger partial charge in [-0.25, -0.2) is 0 Å². The van der Waals surface area contributed by atoms with E-state index in [9.17, 15) is 9.90 Å². The van der Waals surface area contributed by atoms with Gasteiger partial charge in [-0.3, -0.25) is 4.79 Å². The molecule has 1 aromatic carbocycles. The number of aliphatic hydroxyl groups excluding tert-OH is 1. The first-order valence-corrected chi connectivity index (χ1v) is 5.31. The third-order valence-electron chi connectivity index (χ3n) is 2.51. The van der Waals surface area contributed by atoms with E-state index < -0.39 is 12.1 Å². The van der Waals surface area contributed by atoms with E-state index >= 15 is 0 Å². The molecule has 0 amide bonds. The van der Waals surface area contributed by atoms with Crippen LogP contribution in [0.5, 0.6) is 0 Å². The van der Waals surface area contributed by atoms with Crippen molar-refractivity contribution < 1.29 is 15.0 Å². The van der Waals surface area contributed by atoms with Gasteiger partial charge in [0.05, 0.1) is 12.5 Å². The number of rotatable bonds is 3. The lowest BCUT2D eigenvalue weighted by molar-refractivity contribution is -0.139. The topological polar surface area (TPSA) is 57.5 Å². The molecule has 1 rings (SSSR count). The second-order valence-corrected chi connectivity index (χ2v) is 4.99. The number of aliphatic hydroxyl groups is 1. The van der Waals surface area contributed by atoms with Crippen molar-refractivity contribution in [1.29, 1.82) is 0 Å². The Morgan fingerprint density at radius 2 is 2.00 bits per heavy atom. The molecule has 0 aromatic heterocycles. The van der Waals surface area contributed by atoms with E-state index in [2.05, 4.69) is 20.8 Å². The van der Waals surface area contributed by atoms with Crippen molar-refractivity contribution in [2.24, 2.45) is 0 Å². The molecule has 2 N–H and O–H groups in total. The van der Waals surface area contributed by atoms with Gasteiger partial charge in [0, 0.05) is 0 Å². The zero-order chi connectivity index (χ0) is 12.3. The summed E-state index contributed by atoms with van der Waals surface area (Å²) in [7, 11) is 0. The molecule has 3 heteroatoms. The van der Waals surface area contributed by atoms with Crippen LogP contribution in [-0.4, -0.2) is 16.2 Å². The summed E-state index contributed by atoms with van der Waals surface area (Å²) in [4.78, 5) is 10.5. The highest BCUT2D eigenvalue weighted by atomic mass is 16.4. The minimum absolute atomic E-state index is 0.00104. The number of hydrogen-bond donors (Lipinski definition) is 2. The first kappa shape index (κ1) is 12.7. The zero-order valence-electron chi connectivity index (χ0n) is 9.90. The minimum Gasteiger partial charge on any atom is -0.481 e.